The van der Waals surface area contributed by atoms with E-state index >= 15 is 0 Å². The number of hydrazine groups is 1. The summed E-state index contributed by atoms with van der Waals surface area (Å²) in [6.07, 6.45) is 1.63. The fourth-order valence-electron chi connectivity index (χ4n) is 1.95. The van der Waals surface area contributed by atoms with E-state index in [1.807, 2.05) is 13.0 Å². The first kappa shape index (κ1) is 12.8. The van der Waals surface area contributed by atoms with Crippen molar-refractivity contribution in [1.29, 1.82) is 5.26 Å². The molecule has 8 heteroatoms. The number of hydrogen-bond acceptors (Lipinski definition) is 7. The van der Waals surface area contributed by atoms with Gasteiger partial charge in [0.15, 0.2) is 5.65 Å². The highest BCUT2D eigenvalue weighted by Gasteiger charge is 2.10. The summed E-state index contributed by atoms with van der Waals surface area (Å²) in [5.74, 6) is 6.19. The molecule has 0 saturated carbocycles. The molecule has 0 atom stereocenters. The number of benzene rings is 1. The fourth-order valence-corrected chi connectivity index (χ4v) is 1.95. The quantitative estimate of drug-likeness (QED) is 0.423. The third kappa shape index (κ3) is 2.33. The van der Waals surface area contributed by atoms with Gasteiger partial charge >= 0.3 is 0 Å². The Morgan fingerprint density at radius 3 is 2.95 bits per heavy atom. The van der Waals surface area contributed by atoms with Gasteiger partial charge in [-0.15, -0.1) is 0 Å². The lowest BCUT2D eigenvalue weighted by Crippen LogP contribution is -2.11. The second kappa shape index (κ2) is 5.07. The molecule has 8 nitrogen and oxygen atoms in total. The van der Waals surface area contributed by atoms with E-state index in [2.05, 4.69) is 37.0 Å². The first-order valence-corrected chi connectivity index (χ1v) is 6.17. The highest BCUT2D eigenvalue weighted by Crippen LogP contribution is 2.26. The highest BCUT2D eigenvalue weighted by molar-refractivity contribution is 5.89. The summed E-state index contributed by atoms with van der Waals surface area (Å²) in [5, 5.41) is 19.6. The standard InChI is InChI=1S/C13H12N8/c1-7-2-3-8(5-14)4-10(7)17-11-9-6-16-21-12(9)19-13(18-11)20-15/h2-4,6H,15H2,1H3,(H3,16,17,18,19,20,21). The van der Waals surface area contributed by atoms with Crippen LogP contribution in [-0.4, -0.2) is 20.2 Å². The number of nitrogen functional groups attached to an aromatic ring is 1. The molecule has 1 aromatic carbocycles. The molecule has 0 saturated heterocycles. The molecule has 0 aliphatic rings. The van der Waals surface area contributed by atoms with Crippen LogP contribution in [0.4, 0.5) is 17.5 Å². The Kier molecular flexibility index (Phi) is 3.10. The molecule has 3 aromatic rings. The number of nitrogens with zero attached hydrogens (tertiary/aromatic N) is 4. The Balaban J connectivity index is 2.09. The summed E-state index contributed by atoms with van der Waals surface area (Å²) >= 11 is 0. The number of nitrogens with one attached hydrogen (secondary N) is 3. The van der Waals surface area contributed by atoms with E-state index in [0.717, 1.165) is 16.6 Å². The Labute approximate surface area is 120 Å². The van der Waals surface area contributed by atoms with E-state index in [-0.39, 0.29) is 5.95 Å². The summed E-state index contributed by atoms with van der Waals surface area (Å²) in [6.45, 7) is 1.94. The van der Waals surface area contributed by atoms with Crippen LogP contribution in [0.2, 0.25) is 0 Å². The first-order valence-electron chi connectivity index (χ1n) is 6.17. The van der Waals surface area contributed by atoms with E-state index in [9.17, 15) is 0 Å². The molecular formula is C13H12N8. The maximum absolute atomic E-state index is 8.99. The summed E-state index contributed by atoms with van der Waals surface area (Å²) in [7, 11) is 0. The molecule has 2 aromatic heterocycles. The lowest BCUT2D eigenvalue weighted by molar-refractivity contribution is 1.08. The molecule has 0 aliphatic heterocycles. The average molecular weight is 280 g/mol. The molecule has 0 spiro atoms. The van der Waals surface area contributed by atoms with Gasteiger partial charge in [0, 0.05) is 5.69 Å². The van der Waals surface area contributed by atoms with Crippen LogP contribution in [0.5, 0.6) is 0 Å². The van der Waals surface area contributed by atoms with E-state index in [1.165, 1.54) is 0 Å². The lowest BCUT2D eigenvalue weighted by atomic mass is 10.1. The molecule has 0 bridgehead atoms. The normalized spacial score (nSPS) is 10.3. The van der Waals surface area contributed by atoms with Gasteiger partial charge in [0.2, 0.25) is 5.95 Å². The topological polar surface area (TPSA) is 128 Å². The van der Waals surface area contributed by atoms with Crippen LogP contribution in [0.25, 0.3) is 11.0 Å². The van der Waals surface area contributed by atoms with Gasteiger partial charge in [0.25, 0.3) is 0 Å². The van der Waals surface area contributed by atoms with E-state index < -0.39 is 0 Å². The van der Waals surface area contributed by atoms with Crippen LogP contribution in [-0.2, 0) is 0 Å². The van der Waals surface area contributed by atoms with Crippen LogP contribution in [0.3, 0.4) is 0 Å². The summed E-state index contributed by atoms with van der Waals surface area (Å²) in [5.41, 5.74) is 5.32. The van der Waals surface area contributed by atoms with Crippen LogP contribution in [0.15, 0.2) is 24.4 Å². The van der Waals surface area contributed by atoms with E-state index in [1.54, 1.807) is 18.3 Å². The largest absolute Gasteiger partial charge is 0.339 e. The molecule has 0 amide bonds. The van der Waals surface area contributed by atoms with Gasteiger partial charge in [-0.2, -0.15) is 20.3 Å². The number of anilines is 3. The molecule has 5 N–H and O–H groups in total. The van der Waals surface area contributed by atoms with Crippen molar-refractivity contribution in [2.24, 2.45) is 5.84 Å². The number of fused-ring (bicyclic) bond motifs is 1. The van der Waals surface area contributed by atoms with Crippen molar-refractivity contribution < 1.29 is 0 Å². The number of hydrogen-bond donors (Lipinski definition) is 4. The molecule has 0 unspecified atom stereocenters. The fraction of sp³-hybridized carbons (Fsp3) is 0.0769. The molecule has 3 rings (SSSR count). The van der Waals surface area contributed by atoms with Crippen LogP contribution < -0.4 is 16.6 Å². The monoisotopic (exact) mass is 280 g/mol. The zero-order chi connectivity index (χ0) is 14.8. The van der Waals surface area contributed by atoms with Crippen LogP contribution in [0, 0.1) is 18.3 Å². The number of nitrogens with two attached hydrogens (primary N) is 1. The number of aromatic amines is 1. The first-order chi connectivity index (χ1) is 10.2. The third-order valence-corrected chi connectivity index (χ3v) is 3.06. The Morgan fingerprint density at radius 2 is 2.19 bits per heavy atom. The highest BCUT2D eigenvalue weighted by atomic mass is 15.3. The van der Waals surface area contributed by atoms with Gasteiger partial charge in [-0.3, -0.25) is 10.5 Å². The number of aryl methyl sites for hydroxylation is 1. The number of nitriles is 1. The van der Waals surface area contributed by atoms with Crippen molar-refractivity contribution in [2.45, 2.75) is 6.92 Å². The molecular weight excluding hydrogens is 268 g/mol. The molecule has 0 fully saturated rings. The summed E-state index contributed by atoms with van der Waals surface area (Å²) in [6, 6.07) is 7.51. The van der Waals surface area contributed by atoms with Gasteiger partial charge in [0.05, 0.1) is 23.2 Å². The number of rotatable bonds is 3. The maximum atomic E-state index is 8.99. The van der Waals surface area contributed by atoms with Gasteiger partial charge < -0.3 is 5.32 Å². The van der Waals surface area contributed by atoms with E-state index in [0.29, 0.717) is 17.0 Å². The van der Waals surface area contributed by atoms with Gasteiger partial charge in [-0.05, 0) is 24.6 Å². The Bertz CT molecular complexity index is 845. The minimum absolute atomic E-state index is 0.267. The molecule has 2 heterocycles. The van der Waals surface area contributed by atoms with Crippen LogP contribution in [0.1, 0.15) is 11.1 Å². The number of H-pyrrole nitrogens is 1. The van der Waals surface area contributed by atoms with Crippen LogP contribution >= 0.6 is 0 Å². The van der Waals surface area contributed by atoms with Crippen molar-refractivity contribution in [3.8, 4) is 6.07 Å². The Morgan fingerprint density at radius 1 is 1.33 bits per heavy atom. The molecule has 0 radical (unpaired) electrons. The molecule has 104 valence electrons. The zero-order valence-corrected chi connectivity index (χ0v) is 11.2. The lowest BCUT2D eigenvalue weighted by Gasteiger charge is -2.10. The Hall–Kier alpha value is -3.18. The van der Waals surface area contributed by atoms with Crippen molar-refractivity contribution >= 4 is 28.5 Å². The molecule has 0 aliphatic carbocycles. The van der Waals surface area contributed by atoms with E-state index in [4.69, 9.17) is 11.1 Å². The summed E-state index contributed by atoms with van der Waals surface area (Å²) in [4.78, 5) is 8.44. The number of aromatic nitrogens is 4. The zero-order valence-electron chi connectivity index (χ0n) is 11.2. The second-order valence-electron chi connectivity index (χ2n) is 4.44. The van der Waals surface area contributed by atoms with Crippen molar-refractivity contribution in [3.05, 3.63) is 35.5 Å². The average Bonchev–Trinajstić information content (AvgIpc) is 2.98. The van der Waals surface area contributed by atoms with Gasteiger partial charge in [0.1, 0.15) is 5.82 Å². The minimum atomic E-state index is 0.267. The smallest absolute Gasteiger partial charge is 0.241 e. The second-order valence-corrected chi connectivity index (χ2v) is 4.44. The summed E-state index contributed by atoms with van der Waals surface area (Å²) < 4.78 is 0. The van der Waals surface area contributed by atoms with Crippen molar-refractivity contribution in [1.82, 2.24) is 20.2 Å². The third-order valence-electron chi connectivity index (χ3n) is 3.06. The predicted molar refractivity (Wildman–Crippen MR) is 78.7 cm³/mol. The van der Waals surface area contributed by atoms with Crippen molar-refractivity contribution in [2.75, 3.05) is 10.7 Å². The van der Waals surface area contributed by atoms with Gasteiger partial charge in [-0.1, -0.05) is 6.07 Å². The maximum Gasteiger partial charge on any atom is 0.241 e. The van der Waals surface area contributed by atoms with Gasteiger partial charge in [-0.25, -0.2) is 5.84 Å². The predicted octanol–water partition coefficient (Wildman–Crippen LogP) is 1.56. The SMILES string of the molecule is Cc1ccc(C#N)cc1Nc1nc(NN)nc2[nH]ncc12. The minimum Gasteiger partial charge on any atom is -0.339 e. The van der Waals surface area contributed by atoms with Crippen molar-refractivity contribution in [3.63, 3.8) is 0 Å². The molecule has 21 heavy (non-hydrogen) atoms.